The van der Waals surface area contributed by atoms with Gasteiger partial charge in [0.25, 0.3) is 0 Å². The van der Waals surface area contributed by atoms with Gasteiger partial charge in [-0.05, 0) is 36.9 Å². The number of methoxy groups -OCH3 is 1. The van der Waals surface area contributed by atoms with Crippen LogP contribution < -0.4 is 0 Å². The SMILES string of the molecule is [B]C1CC(OC)C(COP(=O)(OC2CC([B])OC2CC)SC)O1. The predicted octanol–water partition coefficient (Wildman–Crippen LogP) is 1.85. The van der Waals surface area contributed by atoms with E-state index < -0.39 is 18.8 Å². The van der Waals surface area contributed by atoms with Crippen molar-refractivity contribution >= 4 is 33.9 Å². The predicted molar refractivity (Wildman–Crippen MR) is 91.1 cm³/mol. The molecule has 7 atom stereocenters. The van der Waals surface area contributed by atoms with Crippen LogP contribution in [0.25, 0.3) is 0 Å². The molecule has 0 aromatic heterocycles. The fraction of sp³-hybridized carbons (Fsp3) is 1.00. The summed E-state index contributed by atoms with van der Waals surface area (Å²) in [7, 11) is 13.1. The van der Waals surface area contributed by atoms with Crippen molar-refractivity contribution in [3.05, 3.63) is 0 Å². The van der Waals surface area contributed by atoms with Crippen LogP contribution >= 0.6 is 18.2 Å². The fourth-order valence-electron chi connectivity index (χ4n) is 2.82. The first-order valence-corrected chi connectivity index (χ1v) is 11.1. The lowest BCUT2D eigenvalue weighted by molar-refractivity contribution is -0.0201. The molecule has 0 aliphatic carbocycles. The third-order valence-electron chi connectivity index (χ3n) is 4.05. The first kappa shape index (κ1) is 19.8. The Morgan fingerprint density at radius 2 is 1.78 bits per heavy atom. The van der Waals surface area contributed by atoms with Gasteiger partial charge in [-0.15, -0.1) is 0 Å². The third kappa shape index (κ3) is 5.24. The van der Waals surface area contributed by atoms with Gasteiger partial charge in [-0.1, -0.05) is 6.92 Å². The lowest BCUT2D eigenvalue weighted by Crippen LogP contribution is -2.28. The lowest BCUT2D eigenvalue weighted by Gasteiger charge is -2.25. The Bertz CT molecular complexity index is 431. The lowest BCUT2D eigenvalue weighted by atomic mass is 9.96. The van der Waals surface area contributed by atoms with Gasteiger partial charge in [0.2, 0.25) is 0 Å². The molecular formula is C13H23B2O6PS. The highest BCUT2D eigenvalue weighted by molar-refractivity contribution is 8.54. The zero-order valence-electron chi connectivity index (χ0n) is 13.8. The molecule has 2 fully saturated rings. The van der Waals surface area contributed by atoms with E-state index in [2.05, 4.69) is 0 Å². The molecule has 0 bridgehead atoms. The van der Waals surface area contributed by atoms with E-state index in [0.29, 0.717) is 12.8 Å². The molecule has 0 aromatic rings. The molecule has 2 saturated heterocycles. The van der Waals surface area contributed by atoms with Crippen LogP contribution in [-0.4, -0.2) is 72.1 Å². The summed E-state index contributed by atoms with van der Waals surface area (Å²) in [6, 6.07) is -0.789. The van der Waals surface area contributed by atoms with E-state index in [-0.39, 0.29) is 31.0 Å². The molecule has 2 rings (SSSR count). The number of ether oxygens (including phenoxy) is 3. The fourth-order valence-corrected chi connectivity index (χ4v) is 5.04. The molecule has 4 radical (unpaired) electrons. The van der Waals surface area contributed by atoms with E-state index in [1.807, 2.05) is 6.92 Å². The minimum absolute atomic E-state index is 0.0980. The van der Waals surface area contributed by atoms with Crippen LogP contribution in [0, 0.1) is 0 Å². The van der Waals surface area contributed by atoms with Gasteiger partial charge in [-0.3, -0.25) is 9.05 Å². The van der Waals surface area contributed by atoms with Crippen molar-refractivity contribution < 1.29 is 27.8 Å². The van der Waals surface area contributed by atoms with Crippen molar-refractivity contribution in [1.82, 2.24) is 0 Å². The van der Waals surface area contributed by atoms with Crippen LogP contribution in [0.4, 0.5) is 0 Å². The molecule has 2 aliphatic heterocycles. The molecule has 6 nitrogen and oxygen atoms in total. The van der Waals surface area contributed by atoms with Crippen LogP contribution in [0.3, 0.4) is 0 Å². The summed E-state index contributed by atoms with van der Waals surface area (Å²) >= 11 is 1.05. The topological polar surface area (TPSA) is 63.2 Å². The Kier molecular flexibility index (Phi) is 7.54. The maximum absolute atomic E-state index is 12.8. The normalized spacial score (nSPS) is 40.3. The number of hydrogen-bond acceptors (Lipinski definition) is 7. The molecule has 7 unspecified atom stereocenters. The molecule has 0 N–H and O–H groups in total. The van der Waals surface area contributed by atoms with Gasteiger partial charge in [0.1, 0.15) is 21.8 Å². The van der Waals surface area contributed by atoms with E-state index >= 15 is 0 Å². The Morgan fingerprint density at radius 1 is 1.17 bits per heavy atom. The summed E-state index contributed by atoms with van der Waals surface area (Å²) in [5.74, 6) is 0. The van der Waals surface area contributed by atoms with Crippen molar-refractivity contribution in [1.29, 1.82) is 0 Å². The Balaban J connectivity index is 1.91. The molecule has 0 aromatic carbocycles. The quantitative estimate of drug-likeness (QED) is 0.484. The second-order valence-electron chi connectivity index (χ2n) is 5.65. The van der Waals surface area contributed by atoms with Gasteiger partial charge >= 0.3 is 6.80 Å². The number of hydrogen-bond donors (Lipinski definition) is 0. The molecule has 0 amide bonds. The van der Waals surface area contributed by atoms with Gasteiger partial charge < -0.3 is 14.2 Å². The van der Waals surface area contributed by atoms with Gasteiger partial charge in [0, 0.05) is 19.1 Å². The highest BCUT2D eigenvalue weighted by Gasteiger charge is 2.40. The molecule has 2 heterocycles. The summed E-state index contributed by atoms with van der Waals surface area (Å²) in [6.07, 6.45) is 2.46. The standard InChI is InChI=1S/C13H23B2O6PS/c1-4-8-10(6-13(15)19-8)21-22(16,23-3)18-7-11-9(17-2)5-12(14)20-11/h8-13H,4-7H2,1-3H3. The Morgan fingerprint density at radius 3 is 2.35 bits per heavy atom. The monoisotopic (exact) mass is 360 g/mol. The Hall–Kier alpha value is 0.510. The summed E-state index contributed by atoms with van der Waals surface area (Å²) in [5.41, 5.74) is 0. The van der Waals surface area contributed by atoms with E-state index in [1.165, 1.54) is 0 Å². The third-order valence-corrected chi connectivity index (χ3v) is 7.41. The average Bonchev–Trinajstić information content (AvgIpc) is 3.06. The second-order valence-corrected chi connectivity index (χ2v) is 9.81. The van der Waals surface area contributed by atoms with Crippen molar-refractivity contribution in [2.24, 2.45) is 0 Å². The maximum Gasteiger partial charge on any atom is 0.389 e. The van der Waals surface area contributed by atoms with Crippen LogP contribution in [0.2, 0.25) is 0 Å². The van der Waals surface area contributed by atoms with Crippen molar-refractivity contribution in [2.45, 2.75) is 62.6 Å². The van der Waals surface area contributed by atoms with Gasteiger partial charge in [0.15, 0.2) is 0 Å². The average molecular weight is 360 g/mol. The molecule has 0 spiro atoms. The minimum atomic E-state index is -3.33. The van der Waals surface area contributed by atoms with E-state index in [4.69, 9.17) is 39.0 Å². The zero-order chi connectivity index (χ0) is 17.0. The highest BCUT2D eigenvalue weighted by atomic mass is 32.7. The van der Waals surface area contributed by atoms with Gasteiger partial charge in [-0.25, -0.2) is 4.57 Å². The van der Waals surface area contributed by atoms with Crippen LogP contribution in [0.5, 0.6) is 0 Å². The summed E-state index contributed by atoms with van der Waals surface area (Å²) in [6.45, 7) is -1.26. The first-order chi connectivity index (χ1) is 10.9. The minimum Gasteiger partial charge on any atom is -0.382 e. The van der Waals surface area contributed by atoms with Crippen LogP contribution in [-0.2, 0) is 27.8 Å². The largest absolute Gasteiger partial charge is 0.389 e. The van der Waals surface area contributed by atoms with Crippen LogP contribution in [0.1, 0.15) is 26.2 Å². The smallest absolute Gasteiger partial charge is 0.382 e. The number of rotatable bonds is 8. The van der Waals surface area contributed by atoms with Gasteiger partial charge in [-0.2, -0.15) is 0 Å². The first-order valence-electron chi connectivity index (χ1n) is 7.74. The van der Waals surface area contributed by atoms with Crippen LogP contribution in [0.15, 0.2) is 0 Å². The molecule has 10 heteroatoms. The summed E-state index contributed by atoms with van der Waals surface area (Å²) in [5, 5.41) is 0. The van der Waals surface area contributed by atoms with E-state index in [9.17, 15) is 4.57 Å². The molecule has 23 heavy (non-hydrogen) atoms. The van der Waals surface area contributed by atoms with Crippen molar-refractivity contribution in [3.8, 4) is 0 Å². The molecule has 0 saturated carbocycles. The zero-order valence-corrected chi connectivity index (χ0v) is 15.5. The maximum atomic E-state index is 12.8. The molecule has 128 valence electrons. The molecular weight excluding hydrogens is 337 g/mol. The summed E-state index contributed by atoms with van der Waals surface area (Å²) in [4.78, 5) is 0. The van der Waals surface area contributed by atoms with E-state index in [0.717, 1.165) is 17.8 Å². The highest BCUT2D eigenvalue weighted by Crippen LogP contribution is 2.61. The second kappa shape index (κ2) is 8.75. The molecule has 2 aliphatic rings. The summed E-state index contributed by atoms with van der Waals surface area (Å²) < 4.78 is 40.5. The van der Waals surface area contributed by atoms with Crippen molar-refractivity contribution in [3.63, 3.8) is 0 Å². The van der Waals surface area contributed by atoms with Gasteiger partial charge in [0.05, 0.1) is 24.9 Å². The van der Waals surface area contributed by atoms with E-state index in [1.54, 1.807) is 13.4 Å². The Labute approximate surface area is 144 Å². The van der Waals surface area contributed by atoms with Crippen molar-refractivity contribution in [2.75, 3.05) is 20.0 Å².